The van der Waals surface area contributed by atoms with Gasteiger partial charge in [0.25, 0.3) is 0 Å². The van der Waals surface area contributed by atoms with Crippen LogP contribution in [0.2, 0.25) is 5.02 Å². The van der Waals surface area contributed by atoms with E-state index in [0.717, 1.165) is 13.1 Å². The summed E-state index contributed by atoms with van der Waals surface area (Å²) in [6.07, 6.45) is 2.09. The van der Waals surface area contributed by atoms with Gasteiger partial charge in [-0.25, -0.2) is 0 Å². The molecule has 2 aromatic rings. The summed E-state index contributed by atoms with van der Waals surface area (Å²) in [5.74, 6) is 0.549. The van der Waals surface area contributed by atoms with E-state index < -0.39 is 0 Å². The number of carbonyl (C=O) groups excluding carboxylic acids is 1. The summed E-state index contributed by atoms with van der Waals surface area (Å²) in [5.41, 5.74) is 1.92. The molecule has 23 heavy (non-hydrogen) atoms. The number of aromatic nitrogens is 1. The Bertz CT molecular complexity index is 714. The van der Waals surface area contributed by atoms with Crippen LogP contribution < -0.4 is 10.1 Å². The van der Waals surface area contributed by atoms with Crippen molar-refractivity contribution < 1.29 is 9.53 Å². The molecular formula is C17H20ClN3O2. The highest BCUT2D eigenvalue weighted by molar-refractivity contribution is 6.32. The number of hydrogen-bond donors (Lipinski definition) is 1. The van der Waals surface area contributed by atoms with Gasteiger partial charge in [-0.3, -0.25) is 9.69 Å². The molecule has 1 aromatic heterocycles. The Kier molecular flexibility index (Phi) is 4.59. The predicted octanol–water partition coefficient (Wildman–Crippen LogP) is 3.17. The average Bonchev–Trinajstić information content (AvgIpc) is 3.00. The third kappa shape index (κ3) is 3.35. The monoisotopic (exact) mass is 333 g/mol. The summed E-state index contributed by atoms with van der Waals surface area (Å²) in [5, 5.41) is 3.37. The van der Waals surface area contributed by atoms with E-state index in [1.807, 2.05) is 0 Å². The molecule has 0 aliphatic carbocycles. The number of halogens is 1. The molecule has 3 rings (SSSR count). The van der Waals surface area contributed by atoms with Crippen molar-refractivity contribution in [3.63, 3.8) is 0 Å². The molecule has 0 saturated carbocycles. The van der Waals surface area contributed by atoms with Crippen LogP contribution in [-0.2, 0) is 11.3 Å². The molecule has 0 radical (unpaired) electrons. The molecule has 0 fully saturated rings. The molecule has 0 spiro atoms. The second-order valence-corrected chi connectivity index (χ2v) is 6.08. The van der Waals surface area contributed by atoms with Crippen molar-refractivity contribution in [3.05, 3.63) is 47.2 Å². The summed E-state index contributed by atoms with van der Waals surface area (Å²) in [6, 6.07) is 9.61. The van der Waals surface area contributed by atoms with Crippen LogP contribution in [0.4, 0.5) is 5.69 Å². The van der Waals surface area contributed by atoms with Crippen molar-refractivity contribution >= 4 is 23.2 Å². The van der Waals surface area contributed by atoms with Gasteiger partial charge >= 0.3 is 0 Å². The van der Waals surface area contributed by atoms with Gasteiger partial charge in [0, 0.05) is 36.7 Å². The third-order valence-corrected chi connectivity index (χ3v) is 4.55. The van der Waals surface area contributed by atoms with E-state index in [4.69, 9.17) is 16.3 Å². The van der Waals surface area contributed by atoms with Crippen LogP contribution in [0.1, 0.15) is 18.7 Å². The number of nitrogens with one attached hydrogen (secondary N) is 1. The lowest BCUT2D eigenvalue weighted by atomic mass is 10.1. The molecule has 1 unspecified atom stereocenters. The zero-order chi connectivity index (χ0) is 16.4. The van der Waals surface area contributed by atoms with Crippen LogP contribution in [0.25, 0.3) is 0 Å². The lowest BCUT2D eigenvalue weighted by molar-refractivity contribution is -0.118. The zero-order valence-corrected chi connectivity index (χ0v) is 14.0. The number of carbonyl (C=O) groups is 1. The molecule has 1 aromatic carbocycles. The zero-order valence-electron chi connectivity index (χ0n) is 13.3. The normalized spacial score (nSPS) is 17.6. The van der Waals surface area contributed by atoms with E-state index in [1.165, 1.54) is 5.69 Å². The van der Waals surface area contributed by atoms with Gasteiger partial charge in [-0.1, -0.05) is 11.6 Å². The molecule has 6 heteroatoms. The van der Waals surface area contributed by atoms with E-state index in [2.05, 4.69) is 40.0 Å². The van der Waals surface area contributed by atoms with Gasteiger partial charge in [0.1, 0.15) is 5.75 Å². The first-order valence-corrected chi connectivity index (χ1v) is 7.99. The Morgan fingerprint density at radius 3 is 2.96 bits per heavy atom. The summed E-state index contributed by atoms with van der Waals surface area (Å²) in [7, 11) is 1.56. The third-order valence-electron chi connectivity index (χ3n) is 4.25. The van der Waals surface area contributed by atoms with E-state index >= 15 is 0 Å². The van der Waals surface area contributed by atoms with Crippen molar-refractivity contribution in [2.45, 2.75) is 19.5 Å². The van der Waals surface area contributed by atoms with Crippen molar-refractivity contribution in [2.24, 2.45) is 0 Å². The topological polar surface area (TPSA) is 46.5 Å². The smallest absolute Gasteiger partial charge is 0.238 e. The van der Waals surface area contributed by atoms with E-state index in [-0.39, 0.29) is 11.9 Å². The second kappa shape index (κ2) is 6.64. The quantitative estimate of drug-likeness (QED) is 0.934. The predicted molar refractivity (Wildman–Crippen MR) is 91.1 cm³/mol. The van der Waals surface area contributed by atoms with Gasteiger partial charge in [-0.2, -0.15) is 0 Å². The Hall–Kier alpha value is -1.98. The summed E-state index contributed by atoms with van der Waals surface area (Å²) in [4.78, 5) is 14.5. The van der Waals surface area contributed by atoms with Crippen molar-refractivity contribution in [2.75, 3.05) is 25.5 Å². The van der Waals surface area contributed by atoms with Gasteiger partial charge in [0.2, 0.25) is 5.91 Å². The molecule has 0 saturated heterocycles. The van der Waals surface area contributed by atoms with Crippen LogP contribution in [0.5, 0.6) is 5.75 Å². The van der Waals surface area contributed by atoms with Crippen LogP contribution in [0, 0.1) is 0 Å². The summed E-state index contributed by atoms with van der Waals surface area (Å²) in [6.45, 7) is 4.26. The fraction of sp³-hybridized carbons (Fsp3) is 0.353. The number of methoxy groups -OCH3 is 1. The molecule has 1 N–H and O–H groups in total. The van der Waals surface area contributed by atoms with Crippen LogP contribution >= 0.6 is 11.6 Å². The Morgan fingerprint density at radius 1 is 1.39 bits per heavy atom. The first kappa shape index (κ1) is 15.9. The highest BCUT2D eigenvalue weighted by Crippen LogP contribution is 2.28. The molecule has 1 aliphatic rings. The Morgan fingerprint density at radius 2 is 2.22 bits per heavy atom. The highest BCUT2D eigenvalue weighted by atomic mass is 35.5. The Balaban J connectivity index is 1.63. The van der Waals surface area contributed by atoms with Gasteiger partial charge < -0.3 is 14.6 Å². The maximum atomic E-state index is 12.3. The molecule has 5 nitrogen and oxygen atoms in total. The number of anilines is 1. The summed E-state index contributed by atoms with van der Waals surface area (Å²) < 4.78 is 7.35. The molecule has 2 heterocycles. The minimum absolute atomic E-state index is 0.0434. The van der Waals surface area contributed by atoms with E-state index in [0.29, 0.717) is 23.0 Å². The lowest BCUT2D eigenvalue weighted by Gasteiger charge is -2.34. The number of rotatable bonds is 4. The van der Waals surface area contributed by atoms with Crippen molar-refractivity contribution in [3.8, 4) is 5.75 Å². The SMILES string of the molecule is COc1ccc(NC(=O)CN2CCn3cccc3C2C)cc1Cl. The minimum Gasteiger partial charge on any atom is -0.495 e. The highest BCUT2D eigenvalue weighted by Gasteiger charge is 2.25. The van der Waals surface area contributed by atoms with Gasteiger partial charge in [0.05, 0.1) is 18.7 Å². The maximum Gasteiger partial charge on any atom is 0.238 e. The summed E-state index contributed by atoms with van der Waals surface area (Å²) >= 11 is 6.08. The molecular weight excluding hydrogens is 314 g/mol. The average molecular weight is 334 g/mol. The standard InChI is InChI=1S/C17H20ClN3O2/c1-12-15-4-3-7-20(15)8-9-21(12)11-17(22)19-13-5-6-16(23-2)14(18)10-13/h3-7,10,12H,8-9,11H2,1-2H3,(H,19,22). The second-order valence-electron chi connectivity index (χ2n) is 5.67. The first-order valence-electron chi connectivity index (χ1n) is 7.61. The van der Waals surface area contributed by atoms with Gasteiger partial charge in [0.15, 0.2) is 0 Å². The molecule has 0 bridgehead atoms. The van der Waals surface area contributed by atoms with Gasteiger partial charge in [-0.05, 0) is 37.3 Å². The number of fused-ring (bicyclic) bond motifs is 1. The number of ether oxygens (including phenoxy) is 1. The number of benzene rings is 1. The fourth-order valence-electron chi connectivity index (χ4n) is 2.97. The van der Waals surface area contributed by atoms with Crippen LogP contribution in [-0.4, -0.2) is 35.6 Å². The molecule has 1 atom stereocenters. The maximum absolute atomic E-state index is 12.3. The van der Waals surface area contributed by atoms with Crippen molar-refractivity contribution in [1.82, 2.24) is 9.47 Å². The van der Waals surface area contributed by atoms with Crippen LogP contribution in [0.3, 0.4) is 0 Å². The largest absolute Gasteiger partial charge is 0.495 e. The van der Waals surface area contributed by atoms with Crippen molar-refractivity contribution in [1.29, 1.82) is 0 Å². The lowest BCUT2D eigenvalue weighted by Crippen LogP contribution is -2.41. The number of amides is 1. The number of nitrogens with zero attached hydrogens (tertiary/aromatic N) is 2. The minimum atomic E-state index is -0.0434. The molecule has 122 valence electrons. The van der Waals surface area contributed by atoms with E-state index in [9.17, 15) is 4.79 Å². The molecule has 1 amide bonds. The first-order chi connectivity index (χ1) is 11.1. The number of hydrogen-bond acceptors (Lipinski definition) is 3. The van der Waals surface area contributed by atoms with Crippen LogP contribution in [0.15, 0.2) is 36.5 Å². The molecule has 1 aliphatic heterocycles. The van der Waals surface area contributed by atoms with E-state index in [1.54, 1.807) is 25.3 Å². The van der Waals surface area contributed by atoms with Gasteiger partial charge in [-0.15, -0.1) is 0 Å². The Labute approximate surface area is 140 Å². The fourth-order valence-corrected chi connectivity index (χ4v) is 3.23.